The second-order valence-electron chi connectivity index (χ2n) is 6.78. The summed E-state index contributed by atoms with van der Waals surface area (Å²) in [5, 5.41) is 0.602. The first-order valence-corrected chi connectivity index (χ1v) is 9.09. The summed E-state index contributed by atoms with van der Waals surface area (Å²) < 4.78 is 5.41. The van der Waals surface area contributed by atoms with E-state index in [4.69, 9.17) is 16.3 Å². The van der Waals surface area contributed by atoms with Crippen molar-refractivity contribution in [3.8, 4) is 0 Å². The SMILES string of the molecule is CC.CC1CN(C(=O)c2ccc(Cl)cc2)CCN1C(=O)OC(C)(C)C. The van der Waals surface area contributed by atoms with Crippen molar-refractivity contribution in [3.05, 3.63) is 34.9 Å². The van der Waals surface area contributed by atoms with Crippen LogP contribution < -0.4 is 0 Å². The molecule has 140 valence electrons. The van der Waals surface area contributed by atoms with Crippen molar-refractivity contribution >= 4 is 23.6 Å². The van der Waals surface area contributed by atoms with Crippen molar-refractivity contribution in [1.82, 2.24) is 9.80 Å². The standard InChI is InChI=1S/C17H23ClN2O3.C2H6/c1-12-11-19(15(21)13-5-7-14(18)8-6-13)9-10-20(12)16(22)23-17(2,3)4;1-2/h5-8,12H,9-11H2,1-4H3;1-2H3. The van der Waals surface area contributed by atoms with Gasteiger partial charge in [-0.25, -0.2) is 4.79 Å². The zero-order chi connectivity index (χ0) is 19.2. The lowest BCUT2D eigenvalue weighted by Crippen LogP contribution is -2.56. The van der Waals surface area contributed by atoms with Crippen LogP contribution in [0.5, 0.6) is 0 Å². The van der Waals surface area contributed by atoms with Crippen molar-refractivity contribution in [1.29, 1.82) is 0 Å². The molecule has 5 nitrogen and oxygen atoms in total. The van der Waals surface area contributed by atoms with Crippen LogP contribution >= 0.6 is 11.6 Å². The van der Waals surface area contributed by atoms with Gasteiger partial charge in [-0.05, 0) is 52.0 Å². The molecule has 0 aliphatic carbocycles. The molecule has 1 aromatic carbocycles. The summed E-state index contributed by atoms with van der Waals surface area (Å²) in [5.41, 5.74) is 0.0832. The van der Waals surface area contributed by atoms with Crippen LogP contribution in [0.3, 0.4) is 0 Å². The number of amides is 2. The highest BCUT2D eigenvalue weighted by atomic mass is 35.5. The molecule has 1 heterocycles. The Kier molecular flexibility index (Phi) is 7.74. The van der Waals surface area contributed by atoms with Gasteiger partial charge in [0.2, 0.25) is 0 Å². The normalized spacial score (nSPS) is 17.5. The van der Waals surface area contributed by atoms with Gasteiger partial charge in [-0.15, -0.1) is 0 Å². The highest BCUT2D eigenvalue weighted by molar-refractivity contribution is 6.30. The number of rotatable bonds is 1. The Morgan fingerprint density at radius 1 is 1.12 bits per heavy atom. The second kappa shape index (κ2) is 9.09. The Morgan fingerprint density at radius 3 is 2.16 bits per heavy atom. The minimum Gasteiger partial charge on any atom is -0.444 e. The Hall–Kier alpha value is -1.75. The lowest BCUT2D eigenvalue weighted by Gasteiger charge is -2.40. The Balaban J connectivity index is 0.00000151. The predicted octanol–water partition coefficient (Wildman–Crippen LogP) is 4.45. The maximum absolute atomic E-state index is 12.5. The van der Waals surface area contributed by atoms with Gasteiger partial charge in [0.25, 0.3) is 5.91 Å². The fraction of sp³-hybridized carbons (Fsp3) is 0.579. The van der Waals surface area contributed by atoms with Crippen molar-refractivity contribution in [2.45, 2.75) is 53.2 Å². The average Bonchev–Trinajstić information content (AvgIpc) is 2.55. The molecule has 0 saturated carbocycles. The van der Waals surface area contributed by atoms with Gasteiger partial charge in [0.05, 0.1) is 0 Å². The third-order valence-electron chi connectivity index (χ3n) is 3.63. The lowest BCUT2D eigenvalue weighted by molar-refractivity contribution is 0.00198. The molecule has 1 aromatic rings. The van der Waals surface area contributed by atoms with Crippen LogP contribution in [0.4, 0.5) is 4.79 Å². The van der Waals surface area contributed by atoms with Gasteiger partial charge < -0.3 is 14.5 Å². The molecule has 1 unspecified atom stereocenters. The molecule has 2 rings (SSSR count). The minimum absolute atomic E-state index is 0.0441. The van der Waals surface area contributed by atoms with E-state index in [1.165, 1.54) is 0 Å². The van der Waals surface area contributed by atoms with Crippen molar-refractivity contribution in [2.24, 2.45) is 0 Å². The Labute approximate surface area is 155 Å². The molecule has 6 heteroatoms. The number of hydrogen-bond donors (Lipinski definition) is 0. The van der Waals surface area contributed by atoms with E-state index in [1.54, 1.807) is 34.1 Å². The van der Waals surface area contributed by atoms with Crippen LogP contribution in [0.25, 0.3) is 0 Å². The topological polar surface area (TPSA) is 49.9 Å². The highest BCUT2D eigenvalue weighted by Gasteiger charge is 2.32. The molecule has 1 fully saturated rings. The number of nitrogens with zero attached hydrogens (tertiary/aromatic N) is 2. The molecule has 0 N–H and O–H groups in total. The van der Waals surface area contributed by atoms with E-state index in [2.05, 4.69) is 0 Å². The van der Waals surface area contributed by atoms with Gasteiger partial charge in [-0.1, -0.05) is 25.4 Å². The minimum atomic E-state index is -0.521. The van der Waals surface area contributed by atoms with Gasteiger partial charge in [-0.3, -0.25) is 4.79 Å². The summed E-state index contributed by atoms with van der Waals surface area (Å²) in [4.78, 5) is 28.1. The van der Waals surface area contributed by atoms with Crippen LogP contribution in [-0.2, 0) is 4.74 Å². The van der Waals surface area contributed by atoms with Crippen LogP contribution in [0.1, 0.15) is 51.9 Å². The first-order valence-electron chi connectivity index (χ1n) is 8.72. The quantitative estimate of drug-likeness (QED) is 0.735. The molecule has 0 bridgehead atoms. The number of carbonyl (C=O) groups excluding carboxylic acids is 2. The number of carbonyl (C=O) groups is 2. The maximum atomic E-state index is 12.5. The first-order chi connectivity index (χ1) is 11.7. The zero-order valence-corrected chi connectivity index (χ0v) is 16.8. The fourth-order valence-corrected chi connectivity index (χ4v) is 2.63. The number of halogens is 1. The van der Waals surface area contributed by atoms with Gasteiger partial charge in [0.1, 0.15) is 5.60 Å². The van der Waals surface area contributed by atoms with Crippen LogP contribution in [-0.4, -0.2) is 53.1 Å². The summed E-state index contributed by atoms with van der Waals surface area (Å²) in [6.45, 7) is 12.9. The number of hydrogen-bond acceptors (Lipinski definition) is 3. The van der Waals surface area contributed by atoms with E-state index in [1.807, 2.05) is 41.5 Å². The Bertz CT molecular complexity index is 581. The van der Waals surface area contributed by atoms with Crippen molar-refractivity contribution in [3.63, 3.8) is 0 Å². The number of piperazine rings is 1. The molecular formula is C19H29ClN2O3. The van der Waals surface area contributed by atoms with Crippen LogP contribution in [0, 0.1) is 0 Å². The Morgan fingerprint density at radius 2 is 1.68 bits per heavy atom. The van der Waals surface area contributed by atoms with Gasteiger partial charge in [0, 0.05) is 36.3 Å². The fourth-order valence-electron chi connectivity index (χ4n) is 2.51. The second-order valence-corrected chi connectivity index (χ2v) is 7.22. The molecule has 25 heavy (non-hydrogen) atoms. The predicted molar refractivity (Wildman–Crippen MR) is 101 cm³/mol. The maximum Gasteiger partial charge on any atom is 0.410 e. The summed E-state index contributed by atoms with van der Waals surface area (Å²) in [7, 11) is 0. The smallest absolute Gasteiger partial charge is 0.410 e. The third kappa shape index (κ3) is 6.24. The molecule has 0 radical (unpaired) electrons. The van der Waals surface area contributed by atoms with Crippen molar-refractivity contribution in [2.75, 3.05) is 19.6 Å². The van der Waals surface area contributed by atoms with Crippen LogP contribution in [0.2, 0.25) is 5.02 Å². The van der Waals surface area contributed by atoms with Gasteiger partial charge in [0.15, 0.2) is 0 Å². The molecule has 1 atom stereocenters. The van der Waals surface area contributed by atoms with Crippen molar-refractivity contribution < 1.29 is 14.3 Å². The molecular weight excluding hydrogens is 340 g/mol. The number of ether oxygens (including phenoxy) is 1. The summed E-state index contributed by atoms with van der Waals surface area (Å²) in [6, 6.07) is 6.75. The molecule has 1 saturated heterocycles. The van der Waals surface area contributed by atoms with E-state index < -0.39 is 5.60 Å². The van der Waals surface area contributed by atoms with E-state index in [9.17, 15) is 9.59 Å². The summed E-state index contributed by atoms with van der Waals surface area (Å²) in [5.74, 6) is -0.0441. The number of benzene rings is 1. The molecule has 1 aliphatic heterocycles. The van der Waals surface area contributed by atoms with E-state index in [0.29, 0.717) is 30.2 Å². The molecule has 1 aliphatic rings. The molecule has 0 spiro atoms. The average molecular weight is 369 g/mol. The summed E-state index contributed by atoms with van der Waals surface area (Å²) in [6.07, 6.45) is -0.330. The summed E-state index contributed by atoms with van der Waals surface area (Å²) >= 11 is 5.85. The third-order valence-corrected chi connectivity index (χ3v) is 3.89. The van der Waals surface area contributed by atoms with Gasteiger partial charge >= 0.3 is 6.09 Å². The van der Waals surface area contributed by atoms with E-state index in [-0.39, 0.29) is 18.0 Å². The molecule has 2 amide bonds. The first kappa shape index (κ1) is 21.3. The van der Waals surface area contributed by atoms with E-state index >= 15 is 0 Å². The monoisotopic (exact) mass is 368 g/mol. The van der Waals surface area contributed by atoms with Crippen LogP contribution in [0.15, 0.2) is 24.3 Å². The van der Waals surface area contributed by atoms with E-state index in [0.717, 1.165) is 0 Å². The largest absolute Gasteiger partial charge is 0.444 e. The highest BCUT2D eigenvalue weighted by Crippen LogP contribution is 2.18. The molecule has 0 aromatic heterocycles. The van der Waals surface area contributed by atoms with Gasteiger partial charge in [-0.2, -0.15) is 0 Å². The lowest BCUT2D eigenvalue weighted by atomic mass is 10.1. The zero-order valence-electron chi connectivity index (χ0n) is 16.0.